The number of carbonyl (C=O) groups is 2. The molecule has 0 aromatic rings. The number of fused-ring (bicyclic) bond motifs is 1. The number of carbonyl (C=O) groups excluding carboxylic acids is 2. The lowest BCUT2D eigenvalue weighted by molar-refractivity contribution is -0.157. The number of piperazine rings is 1. The van der Waals surface area contributed by atoms with E-state index in [4.69, 9.17) is 4.74 Å². The Kier molecular flexibility index (Phi) is 3.99. The molecule has 0 aliphatic carbocycles. The average Bonchev–Trinajstić information content (AvgIpc) is 2.36. The minimum Gasteiger partial charge on any atom is -0.385 e. The molecule has 0 aromatic carbocycles. The summed E-state index contributed by atoms with van der Waals surface area (Å²) in [6.45, 7) is 2.26. The Balaban J connectivity index is 1.96. The zero-order chi connectivity index (χ0) is 12.3. The number of ether oxygens (including phenoxy) is 1. The minimum absolute atomic E-state index is 0.103. The molecule has 96 valence electrons. The van der Waals surface area contributed by atoms with E-state index in [0.29, 0.717) is 13.2 Å². The molecule has 2 fully saturated rings. The number of hydrogen-bond donors (Lipinski definition) is 0. The van der Waals surface area contributed by atoms with Crippen molar-refractivity contribution >= 4 is 11.8 Å². The van der Waals surface area contributed by atoms with Gasteiger partial charge in [0.25, 0.3) is 0 Å². The Morgan fingerprint density at radius 2 is 2.18 bits per heavy atom. The number of methoxy groups -OCH3 is 1. The average molecular weight is 240 g/mol. The van der Waals surface area contributed by atoms with Gasteiger partial charge in [0.1, 0.15) is 6.04 Å². The van der Waals surface area contributed by atoms with Crippen molar-refractivity contribution in [3.63, 3.8) is 0 Å². The first kappa shape index (κ1) is 12.4. The van der Waals surface area contributed by atoms with Crippen LogP contribution in [0.1, 0.15) is 25.7 Å². The van der Waals surface area contributed by atoms with Gasteiger partial charge in [-0.3, -0.25) is 9.59 Å². The Labute approximate surface area is 102 Å². The van der Waals surface area contributed by atoms with Gasteiger partial charge in [-0.25, -0.2) is 0 Å². The van der Waals surface area contributed by atoms with Crippen LogP contribution in [-0.4, -0.2) is 61.0 Å². The van der Waals surface area contributed by atoms with Gasteiger partial charge in [0, 0.05) is 26.8 Å². The van der Waals surface area contributed by atoms with E-state index < -0.39 is 0 Å². The lowest BCUT2D eigenvalue weighted by atomic mass is 9.98. The summed E-state index contributed by atoms with van der Waals surface area (Å²) >= 11 is 0. The summed E-state index contributed by atoms with van der Waals surface area (Å²) in [7, 11) is 1.64. The first-order valence-corrected chi connectivity index (χ1v) is 6.31. The molecule has 5 nitrogen and oxygen atoms in total. The molecule has 1 unspecified atom stereocenters. The van der Waals surface area contributed by atoms with Gasteiger partial charge in [0.05, 0.1) is 6.54 Å². The lowest BCUT2D eigenvalue weighted by Crippen LogP contribution is -2.61. The molecule has 0 N–H and O–H groups in total. The van der Waals surface area contributed by atoms with E-state index in [9.17, 15) is 9.59 Å². The molecule has 17 heavy (non-hydrogen) atoms. The maximum Gasteiger partial charge on any atom is 0.245 e. The summed E-state index contributed by atoms with van der Waals surface area (Å²) in [4.78, 5) is 27.6. The third-order valence-electron chi connectivity index (χ3n) is 3.52. The van der Waals surface area contributed by atoms with E-state index in [0.717, 1.165) is 32.2 Å². The molecule has 2 aliphatic rings. The molecule has 0 radical (unpaired) electrons. The van der Waals surface area contributed by atoms with Gasteiger partial charge in [-0.05, 0) is 25.7 Å². The highest BCUT2D eigenvalue weighted by molar-refractivity contribution is 5.95. The summed E-state index contributed by atoms with van der Waals surface area (Å²) in [6, 6.07) is -0.187. The van der Waals surface area contributed by atoms with Gasteiger partial charge >= 0.3 is 0 Å². The van der Waals surface area contributed by atoms with Crippen LogP contribution in [0.3, 0.4) is 0 Å². The Hall–Kier alpha value is -1.10. The van der Waals surface area contributed by atoms with Crippen LogP contribution in [0.15, 0.2) is 0 Å². The summed E-state index contributed by atoms with van der Waals surface area (Å²) < 4.78 is 4.97. The van der Waals surface area contributed by atoms with Crippen molar-refractivity contribution in [2.75, 3.05) is 33.4 Å². The Morgan fingerprint density at radius 1 is 1.35 bits per heavy atom. The van der Waals surface area contributed by atoms with Crippen LogP contribution in [-0.2, 0) is 14.3 Å². The zero-order valence-electron chi connectivity index (χ0n) is 10.4. The van der Waals surface area contributed by atoms with E-state index >= 15 is 0 Å². The molecule has 0 spiro atoms. The van der Waals surface area contributed by atoms with Gasteiger partial charge in [-0.1, -0.05) is 0 Å². The van der Waals surface area contributed by atoms with Gasteiger partial charge in [-0.2, -0.15) is 0 Å². The maximum atomic E-state index is 12.2. The molecular formula is C12H20N2O3. The molecule has 2 saturated heterocycles. The van der Waals surface area contributed by atoms with Crippen molar-refractivity contribution in [1.82, 2.24) is 9.80 Å². The quantitative estimate of drug-likeness (QED) is 0.662. The van der Waals surface area contributed by atoms with E-state index in [-0.39, 0.29) is 24.4 Å². The smallest absolute Gasteiger partial charge is 0.245 e. The molecule has 5 heteroatoms. The second-order valence-electron chi connectivity index (χ2n) is 4.70. The van der Waals surface area contributed by atoms with Gasteiger partial charge < -0.3 is 14.5 Å². The first-order valence-electron chi connectivity index (χ1n) is 6.31. The van der Waals surface area contributed by atoms with Crippen LogP contribution in [0.25, 0.3) is 0 Å². The maximum absolute atomic E-state index is 12.2. The highest BCUT2D eigenvalue weighted by Crippen LogP contribution is 2.23. The summed E-state index contributed by atoms with van der Waals surface area (Å²) in [6.07, 6.45) is 3.69. The number of nitrogens with zero attached hydrogens (tertiary/aromatic N) is 2. The van der Waals surface area contributed by atoms with Crippen LogP contribution in [0.5, 0.6) is 0 Å². The molecule has 2 heterocycles. The second kappa shape index (κ2) is 5.49. The number of hydrogen-bond acceptors (Lipinski definition) is 3. The fraction of sp³-hybridized carbons (Fsp3) is 0.833. The topological polar surface area (TPSA) is 49.9 Å². The highest BCUT2D eigenvalue weighted by atomic mass is 16.5. The molecule has 2 amide bonds. The predicted molar refractivity (Wildman–Crippen MR) is 62.4 cm³/mol. The largest absolute Gasteiger partial charge is 0.385 e. The standard InChI is InChI=1S/C12H20N2O3/c1-17-8-4-6-13-9-11(15)14-7-3-2-5-10(14)12(13)16/h10H,2-9H2,1H3. The van der Waals surface area contributed by atoms with E-state index in [1.165, 1.54) is 0 Å². The lowest BCUT2D eigenvalue weighted by Gasteiger charge is -2.42. The SMILES string of the molecule is COCCCN1CC(=O)N2CCCCC2C1=O. The van der Waals surface area contributed by atoms with Crippen LogP contribution in [0, 0.1) is 0 Å². The van der Waals surface area contributed by atoms with Crippen molar-refractivity contribution in [3.05, 3.63) is 0 Å². The molecule has 2 aliphatic heterocycles. The number of piperidine rings is 1. The van der Waals surface area contributed by atoms with Crippen molar-refractivity contribution in [1.29, 1.82) is 0 Å². The molecule has 0 saturated carbocycles. The third-order valence-corrected chi connectivity index (χ3v) is 3.52. The van der Waals surface area contributed by atoms with Gasteiger partial charge in [0.15, 0.2) is 0 Å². The van der Waals surface area contributed by atoms with Gasteiger partial charge in [-0.15, -0.1) is 0 Å². The molecular weight excluding hydrogens is 220 g/mol. The number of rotatable bonds is 4. The van der Waals surface area contributed by atoms with Crippen LogP contribution in [0.2, 0.25) is 0 Å². The Bertz CT molecular complexity index is 306. The summed E-state index contributed by atoms with van der Waals surface area (Å²) in [5.41, 5.74) is 0. The summed E-state index contributed by atoms with van der Waals surface area (Å²) in [5, 5.41) is 0. The first-order chi connectivity index (χ1) is 8.24. The normalized spacial score (nSPS) is 25.1. The molecule has 0 aromatic heterocycles. The van der Waals surface area contributed by atoms with E-state index in [1.54, 1.807) is 16.9 Å². The third kappa shape index (κ3) is 2.60. The van der Waals surface area contributed by atoms with E-state index in [1.807, 2.05) is 0 Å². The fourth-order valence-electron chi connectivity index (χ4n) is 2.62. The van der Waals surface area contributed by atoms with Crippen molar-refractivity contribution in [2.45, 2.75) is 31.7 Å². The molecule has 0 bridgehead atoms. The number of amides is 2. The Morgan fingerprint density at radius 3 is 2.94 bits per heavy atom. The van der Waals surface area contributed by atoms with Crippen LogP contribution in [0.4, 0.5) is 0 Å². The van der Waals surface area contributed by atoms with Crippen molar-refractivity contribution in [2.24, 2.45) is 0 Å². The fourth-order valence-corrected chi connectivity index (χ4v) is 2.62. The van der Waals surface area contributed by atoms with Crippen molar-refractivity contribution < 1.29 is 14.3 Å². The summed E-state index contributed by atoms with van der Waals surface area (Å²) in [5.74, 6) is 0.229. The monoisotopic (exact) mass is 240 g/mol. The predicted octanol–water partition coefficient (Wildman–Crippen LogP) is 0.246. The van der Waals surface area contributed by atoms with Crippen LogP contribution < -0.4 is 0 Å². The zero-order valence-corrected chi connectivity index (χ0v) is 10.4. The van der Waals surface area contributed by atoms with E-state index in [2.05, 4.69) is 0 Å². The minimum atomic E-state index is -0.187. The molecule has 2 rings (SSSR count). The highest BCUT2D eigenvalue weighted by Gasteiger charge is 2.39. The van der Waals surface area contributed by atoms with Crippen LogP contribution >= 0.6 is 0 Å². The molecule has 1 atom stereocenters. The second-order valence-corrected chi connectivity index (χ2v) is 4.70. The van der Waals surface area contributed by atoms with Gasteiger partial charge in [0.2, 0.25) is 11.8 Å². The van der Waals surface area contributed by atoms with Crippen molar-refractivity contribution in [3.8, 4) is 0 Å².